The Bertz CT molecular complexity index is 882. The Morgan fingerprint density at radius 2 is 1.78 bits per heavy atom. The van der Waals surface area contributed by atoms with E-state index in [1.54, 1.807) is 11.3 Å². The molecule has 2 aromatic carbocycles. The van der Waals surface area contributed by atoms with Crippen LogP contribution in [0.15, 0.2) is 59.3 Å². The molecule has 1 aromatic heterocycles. The zero-order chi connectivity index (χ0) is 18.5. The number of carbonyl (C=O) groups is 1. The van der Waals surface area contributed by atoms with Gasteiger partial charge in [0.25, 0.3) is 5.91 Å². The molecule has 27 heavy (non-hydrogen) atoms. The SMILES string of the molecule is O=C(NC[C@H](c1ccsc1)N1CCCCCC1)c1ccc2ccccc2c1. The molecule has 0 unspecified atom stereocenters. The lowest BCUT2D eigenvalue weighted by atomic mass is 10.1. The number of amides is 1. The minimum absolute atomic E-state index is 0.0100. The Labute approximate surface area is 165 Å². The molecule has 4 heteroatoms. The fourth-order valence-electron chi connectivity index (χ4n) is 3.95. The van der Waals surface area contributed by atoms with Crippen LogP contribution in [0.5, 0.6) is 0 Å². The van der Waals surface area contributed by atoms with Crippen molar-refractivity contribution in [2.24, 2.45) is 0 Å². The molecule has 1 aliphatic rings. The monoisotopic (exact) mass is 378 g/mol. The molecule has 0 aliphatic carbocycles. The maximum Gasteiger partial charge on any atom is 0.251 e. The summed E-state index contributed by atoms with van der Waals surface area (Å²) in [6, 6.07) is 16.5. The zero-order valence-electron chi connectivity index (χ0n) is 15.6. The van der Waals surface area contributed by atoms with Crippen molar-refractivity contribution >= 4 is 28.0 Å². The van der Waals surface area contributed by atoms with Gasteiger partial charge < -0.3 is 5.32 Å². The van der Waals surface area contributed by atoms with Crippen LogP contribution in [0.4, 0.5) is 0 Å². The van der Waals surface area contributed by atoms with Gasteiger partial charge in [-0.25, -0.2) is 0 Å². The van der Waals surface area contributed by atoms with Crippen molar-refractivity contribution in [2.75, 3.05) is 19.6 Å². The smallest absolute Gasteiger partial charge is 0.251 e. The third-order valence-electron chi connectivity index (χ3n) is 5.48. The summed E-state index contributed by atoms with van der Waals surface area (Å²) in [4.78, 5) is 15.3. The fourth-order valence-corrected chi connectivity index (χ4v) is 4.66. The second-order valence-electron chi connectivity index (χ2n) is 7.29. The standard InChI is InChI=1S/C23H26N2OS/c26-23(20-10-9-18-7-3-4-8-19(18)15-20)24-16-22(21-11-14-27-17-21)25-12-5-1-2-6-13-25/h3-4,7-11,14-15,17,22H,1-2,5-6,12-13,16H2,(H,24,26)/t22-/m1/s1. The molecule has 1 N–H and O–H groups in total. The number of carbonyl (C=O) groups excluding carboxylic acids is 1. The predicted octanol–water partition coefficient (Wildman–Crippen LogP) is 5.25. The van der Waals surface area contributed by atoms with Crippen molar-refractivity contribution in [3.05, 3.63) is 70.4 Å². The highest BCUT2D eigenvalue weighted by Gasteiger charge is 2.22. The number of hydrogen-bond acceptors (Lipinski definition) is 3. The van der Waals surface area contributed by atoms with Crippen LogP contribution in [0.1, 0.15) is 47.6 Å². The van der Waals surface area contributed by atoms with E-state index < -0.39 is 0 Å². The molecular formula is C23H26N2OS. The van der Waals surface area contributed by atoms with Crippen molar-refractivity contribution < 1.29 is 4.79 Å². The van der Waals surface area contributed by atoms with Crippen molar-refractivity contribution in [3.8, 4) is 0 Å². The number of likely N-dealkylation sites (tertiary alicyclic amines) is 1. The van der Waals surface area contributed by atoms with Gasteiger partial charge in [0.15, 0.2) is 0 Å². The molecule has 0 bridgehead atoms. The van der Waals surface area contributed by atoms with Gasteiger partial charge in [-0.05, 0) is 71.2 Å². The molecule has 1 amide bonds. The van der Waals surface area contributed by atoms with Crippen LogP contribution in [-0.4, -0.2) is 30.4 Å². The first-order chi connectivity index (χ1) is 13.3. The lowest BCUT2D eigenvalue weighted by Crippen LogP contribution is -2.38. The van der Waals surface area contributed by atoms with E-state index in [0.29, 0.717) is 6.54 Å². The number of benzene rings is 2. The summed E-state index contributed by atoms with van der Waals surface area (Å²) >= 11 is 1.73. The topological polar surface area (TPSA) is 32.3 Å². The normalized spacial score (nSPS) is 16.7. The van der Waals surface area contributed by atoms with Crippen LogP contribution in [-0.2, 0) is 0 Å². The molecule has 0 saturated carbocycles. The van der Waals surface area contributed by atoms with E-state index in [1.165, 1.54) is 31.2 Å². The Morgan fingerprint density at radius 3 is 2.52 bits per heavy atom. The number of nitrogens with zero attached hydrogens (tertiary/aromatic N) is 1. The highest BCUT2D eigenvalue weighted by molar-refractivity contribution is 7.07. The number of nitrogens with one attached hydrogen (secondary N) is 1. The van der Waals surface area contributed by atoms with Crippen LogP contribution in [0, 0.1) is 0 Å². The van der Waals surface area contributed by atoms with Crippen LogP contribution >= 0.6 is 11.3 Å². The van der Waals surface area contributed by atoms with E-state index in [9.17, 15) is 4.79 Å². The van der Waals surface area contributed by atoms with Gasteiger partial charge in [0.2, 0.25) is 0 Å². The molecule has 2 heterocycles. The van der Waals surface area contributed by atoms with Crippen molar-refractivity contribution in [3.63, 3.8) is 0 Å². The highest BCUT2D eigenvalue weighted by atomic mass is 32.1. The van der Waals surface area contributed by atoms with E-state index in [1.807, 2.05) is 30.3 Å². The Hall–Kier alpha value is -2.17. The lowest BCUT2D eigenvalue weighted by molar-refractivity contribution is 0.0933. The maximum absolute atomic E-state index is 12.8. The molecule has 140 valence electrons. The molecule has 1 saturated heterocycles. The van der Waals surface area contributed by atoms with Crippen LogP contribution < -0.4 is 5.32 Å². The van der Waals surface area contributed by atoms with E-state index in [0.717, 1.165) is 29.4 Å². The molecule has 0 radical (unpaired) electrons. The molecule has 3 aromatic rings. The summed E-state index contributed by atoms with van der Waals surface area (Å²) in [5.41, 5.74) is 2.05. The summed E-state index contributed by atoms with van der Waals surface area (Å²) in [6.07, 6.45) is 5.13. The van der Waals surface area contributed by atoms with Gasteiger partial charge in [0.1, 0.15) is 0 Å². The van der Waals surface area contributed by atoms with Gasteiger partial charge in [0.05, 0.1) is 6.04 Å². The Morgan fingerprint density at radius 1 is 1.00 bits per heavy atom. The van der Waals surface area contributed by atoms with Crippen LogP contribution in [0.3, 0.4) is 0 Å². The Balaban J connectivity index is 1.48. The fraction of sp³-hybridized carbons (Fsp3) is 0.348. The average molecular weight is 379 g/mol. The molecule has 0 spiro atoms. The first-order valence-corrected chi connectivity index (χ1v) is 10.8. The van der Waals surface area contributed by atoms with Gasteiger partial charge in [-0.1, -0.05) is 43.2 Å². The largest absolute Gasteiger partial charge is 0.350 e. The van der Waals surface area contributed by atoms with Gasteiger partial charge in [0, 0.05) is 12.1 Å². The van der Waals surface area contributed by atoms with E-state index >= 15 is 0 Å². The summed E-state index contributed by atoms with van der Waals surface area (Å²) < 4.78 is 0. The molecule has 3 nitrogen and oxygen atoms in total. The van der Waals surface area contributed by atoms with Gasteiger partial charge >= 0.3 is 0 Å². The summed E-state index contributed by atoms with van der Waals surface area (Å²) in [6.45, 7) is 2.89. The van der Waals surface area contributed by atoms with E-state index in [2.05, 4.69) is 39.2 Å². The van der Waals surface area contributed by atoms with Gasteiger partial charge in [-0.15, -0.1) is 0 Å². The first kappa shape index (κ1) is 18.2. The lowest BCUT2D eigenvalue weighted by Gasteiger charge is -2.30. The maximum atomic E-state index is 12.8. The summed E-state index contributed by atoms with van der Waals surface area (Å²) in [7, 11) is 0. The average Bonchev–Trinajstić information content (AvgIpc) is 3.10. The number of hydrogen-bond donors (Lipinski definition) is 1. The summed E-state index contributed by atoms with van der Waals surface area (Å²) in [5.74, 6) is 0.0100. The second kappa shape index (κ2) is 8.68. The second-order valence-corrected chi connectivity index (χ2v) is 8.07. The van der Waals surface area contributed by atoms with Crippen molar-refractivity contribution in [1.82, 2.24) is 10.2 Å². The van der Waals surface area contributed by atoms with Gasteiger partial charge in [-0.2, -0.15) is 11.3 Å². The highest BCUT2D eigenvalue weighted by Crippen LogP contribution is 2.25. The van der Waals surface area contributed by atoms with Gasteiger partial charge in [-0.3, -0.25) is 9.69 Å². The quantitative estimate of drug-likeness (QED) is 0.658. The third kappa shape index (κ3) is 4.40. The molecule has 1 atom stereocenters. The van der Waals surface area contributed by atoms with Crippen LogP contribution in [0.25, 0.3) is 10.8 Å². The van der Waals surface area contributed by atoms with Crippen molar-refractivity contribution in [2.45, 2.75) is 31.7 Å². The van der Waals surface area contributed by atoms with E-state index in [-0.39, 0.29) is 11.9 Å². The zero-order valence-corrected chi connectivity index (χ0v) is 16.4. The van der Waals surface area contributed by atoms with Crippen molar-refractivity contribution in [1.29, 1.82) is 0 Å². The third-order valence-corrected chi connectivity index (χ3v) is 6.18. The minimum Gasteiger partial charge on any atom is -0.350 e. The molecular weight excluding hydrogens is 352 g/mol. The number of thiophene rings is 1. The molecule has 4 rings (SSSR count). The molecule has 1 aliphatic heterocycles. The minimum atomic E-state index is 0.0100. The van der Waals surface area contributed by atoms with Crippen LogP contribution in [0.2, 0.25) is 0 Å². The molecule has 1 fully saturated rings. The van der Waals surface area contributed by atoms with E-state index in [4.69, 9.17) is 0 Å². The first-order valence-electron chi connectivity index (χ1n) is 9.84. The Kier molecular flexibility index (Phi) is 5.85. The number of rotatable bonds is 5. The number of fused-ring (bicyclic) bond motifs is 1. The summed E-state index contributed by atoms with van der Waals surface area (Å²) in [5, 5.41) is 9.81. The predicted molar refractivity (Wildman–Crippen MR) is 113 cm³/mol.